The molecule has 1 aliphatic heterocycles. The van der Waals surface area contributed by atoms with Crippen molar-refractivity contribution in [1.82, 2.24) is 4.90 Å². The van der Waals surface area contributed by atoms with Gasteiger partial charge in [-0.25, -0.2) is 4.79 Å². The van der Waals surface area contributed by atoms with Crippen LogP contribution in [-0.2, 0) is 14.3 Å². The number of benzene rings is 3. The van der Waals surface area contributed by atoms with Crippen LogP contribution < -0.4 is 0 Å². The molecule has 1 aliphatic rings. The van der Waals surface area contributed by atoms with E-state index in [9.17, 15) is 14.7 Å². The normalized spacial score (nSPS) is 18.2. The van der Waals surface area contributed by atoms with E-state index in [0.717, 1.165) is 16.7 Å². The summed E-state index contributed by atoms with van der Waals surface area (Å²) in [6, 6.07) is 28.0. The Morgan fingerprint density at radius 1 is 0.909 bits per heavy atom. The molecule has 1 fully saturated rings. The molecule has 0 aromatic heterocycles. The fourth-order valence-electron chi connectivity index (χ4n) is 4.27. The first kappa shape index (κ1) is 22.5. The summed E-state index contributed by atoms with van der Waals surface area (Å²) >= 11 is 0. The van der Waals surface area contributed by atoms with Gasteiger partial charge < -0.3 is 14.7 Å². The first-order valence-electron chi connectivity index (χ1n) is 11.1. The number of hydrogen-bond acceptors (Lipinski definition) is 3. The van der Waals surface area contributed by atoms with Crippen LogP contribution in [0.25, 0.3) is 6.08 Å². The van der Waals surface area contributed by atoms with Crippen LogP contribution in [0.4, 0.5) is 0 Å². The molecule has 0 saturated carbocycles. The van der Waals surface area contributed by atoms with E-state index in [1.165, 1.54) is 4.90 Å². The molecule has 1 saturated heterocycles. The molecule has 0 spiro atoms. The van der Waals surface area contributed by atoms with Gasteiger partial charge in [-0.3, -0.25) is 4.79 Å². The molecule has 2 atom stereocenters. The predicted molar refractivity (Wildman–Crippen MR) is 128 cm³/mol. The van der Waals surface area contributed by atoms with Gasteiger partial charge in [0, 0.05) is 13.0 Å². The van der Waals surface area contributed by atoms with Crippen molar-refractivity contribution in [2.24, 2.45) is 0 Å². The third-order valence-electron chi connectivity index (χ3n) is 5.88. The second-order valence-corrected chi connectivity index (χ2v) is 8.10. The van der Waals surface area contributed by atoms with Gasteiger partial charge in [0.15, 0.2) is 0 Å². The number of nitrogens with zero attached hydrogens (tertiary/aromatic N) is 1. The fourth-order valence-corrected chi connectivity index (χ4v) is 4.27. The van der Waals surface area contributed by atoms with E-state index in [-0.39, 0.29) is 25.0 Å². The topological polar surface area (TPSA) is 66.8 Å². The highest BCUT2D eigenvalue weighted by Crippen LogP contribution is 2.31. The summed E-state index contributed by atoms with van der Waals surface area (Å²) in [5.74, 6) is -1.79. The first-order valence-corrected chi connectivity index (χ1v) is 11.1. The third-order valence-corrected chi connectivity index (χ3v) is 5.88. The number of likely N-dealkylation sites (tertiary alicyclic amines) is 1. The van der Waals surface area contributed by atoms with Crippen molar-refractivity contribution in [3.63, 3.8) is 0 Å². The first-order chi connectivity index (χ1) is 16.1. The highest BCUT2D eigenvalue weighted by atomic mass is 16.5. The summed E-state index contributed by atoms with van der Waals surface area (Å²) in [7, 11) is 0. The maximum Gasteiger partial charge on any atom is 0.326 e. The third kappa shape index (κ3) is 5.57. The van der Waals surface area contributed by atoms with Crippen molar-refractivity contribution in [2.75, 3.05) is 13.2 Å². The minimum atomic E-state index is -1.01. The molecule has 1 amide bonds. The van der Waals surface area contributed by atoms with E-state index >= 15 is 0 Å². The largest absolute Gasteiger partial charge is 0.480 e. The van der Waals surface area contributed by atoms with Gasteiger partial charge in [-0.15, -0.1) is 0 Å². The summed E-state index contributed by atoms with van der Waals surface area (Å²) in [4.78, 5) is 27.2. The quantitative estimate of drug-likeness (QED) is 0.555. The SMILES string of the molecule is O=C(O)[C@@H]1C[C@@H](OCC=Cc2ccccc2)CN1C(=O)C(c1ccccc1)c1ccccc1. The molecule has 33 heavy (non-hydrogen) atoms. The number of carbonyl (C=O) groups excluding carboxylic acids is 1. The molecule has 0 radical (unpaired) electrons. The van der Waals surface area contributed by atoms with Crippen LogP contribution in [0.3, 0.4) is 0 Å². The molecule has 0 aliphatic carbocycles. The average Bonchev–Trinajstić information content (AvgIpc) is 3.29. The summed E-state index contributed by atoms with van der Waals surface area (Å²) in [6.45, 7) is 0.611. The van der Waals surface area contributed by atoms with E-state index in [0.29, 0.717) is 6.61 Å². The maximum absolute atomic E-state index is 13.7. The number of ether oxygens (including phenoxy) is 1. The van der Waals surface area contributed by atoms with Crippen molar-refractivity contribution in [2.45, 2.75) is 24.5 Å². The number of carboxylic acid groups (broad SMARTS) is 1. The monoisotopic (exact) mass is 441 g/mol. The van der Waals surface area contributed by atoms with Crippen LogP contribution in [0.5, 0.6) is 0 Å². The van der Waals surface area contributed by atoms with Gasteiger partial charge in [0.25, 0.3) is 0 Å². The van der Waals surface area contributed by atoms with Crippen molar-refractivity contribution in [3.05, 3.63) is 114 Å². The minimum absolute atomic E-state index is 0.217. The van der Waals surface area contributed by atoms with Crippen LogP contribution in [0.15, 0.2) is 97.1 Å². The summed E-state index contributed by atoms with van der Waals surface area (Å²) in [5.41, 5.74) is 2.75. The van der Waals surface area contributed by atoms with Gasteiger partial charge in [0.05, 0.1) is 18.6 Å². The Bertz CT molecular complexity index is 1040. The minimum Gasteiger partial charge on any atom is -0.480 e. The second-order valence-electron chi connectivity index (χ2n) is 8.10. The molecule has 0 bridgehead atoms. The number of hydrogen-bond donors (Lipinski definition) is 1. The van der Waals surface area contributed by atoms with E-state index in [4.69, 9.17) is 4.74 Å². The molecule has 5 nitrogen and oxygen atoms in total. The van der Waals surface area contributed by atoms with E-state index in [1.54, 1.807) is 0 Å². The lowest BCUT2D eigenvalue weighted by molar-refractivity contribution is -0.148. The number of amides is 1. The molecule has 5 heteroatoms. The number of aliphatic carboxylic acids is 1. The summed E-state index contributed by atoms with van der Waals surface area (Å²) in [6.07, 6.45) is 3.82. The number of rotatable bonds is 8. The Morgan fingerprint density at radius 3 is 2.00 bits per heavy atom. The molecular formula is C28H27NO4. The molecule has 1 N–H and O–H groups in total. The van der Waals surface area contributed by atoms with Crippen LogP contribution in [0.2, 0.25) is 0 Å². The molecule has 3 aromatic rings. The maximum atomic E-state index is 13.7. The lowest BCUT2D eigenvalue weighted by atomic mass is 9.90. The lowest BCUT2D eigenvalue weighted by Crippen LogP contribution is -2.43. The molecule has 3 aromatic carbocycles. The number of carboxylic acids is 1. The Morgan fingerprint density at radius 2 is 1.45 bits per heavy atom. The molecule has 168 valence electrons. The smallest absolute Gasteiger partial charge is 0.326 e. The Labute approximate surface area is 193 Å². The number of carbonyl (C=O) groups is 2. The molecule has 1 heterocycles. The summed E-state index contributed by atoms with van der Waals surface area (Å²) < 4.78 is 5.93. The lowest BCUT2D eigenvalue weighted by Gasteiger charge is -2.27. The molecule has 0 unspecified atom stereocenters. The van der Waals surface area contributed by atoms with Crippen molar-refractivity contribution < 1.29 is 19.4 Å². The Balaban J connectivity index is 1.50. The van der Waals surface area contributed by atoms with Crippen molar-refractivity contribution in [3.8, 4) is 0 Å². The van der Waals surface area contributed by atoms with Gasteiger partial charge in [-0.2, -0.15) is 0 Å². The average molecular weight is 442 g/mol. The second kappa shape index (κ2) is 10.7. The standard InChI is InChI=1S/C28H27NO4/c30-27(26(22-14-6-2-7-15-22)23-16-8-3-9-17-23)29-20-24(19-25(29)28(31)32)33-18-10-13-21-11-4-1-5-12-21/h1-17,24-26H,18-20H2,(H,31,32)/t24-,25+/m1/s1. The molecule has 4 rings (SSSR count). The van der Waals surface area contributed by atoms with Crippen LogP contribution in [0.1, 0.15) is 29.0 Å². The predicted octanol–water partition coefficient (Wildman–Crippen LogP) is 4.60. The zero-order chi connectivity index (χ0) is 23.0. The van der Waals surface area contributed by atoms with Crippen molar-refractivity contribution >= 4 is 18.0 Å². The van der Waals surface area contributed by atoms with Crippen LogP contribution >= 0.6 is 0 Å². The van der Waals surface area contributed by atoms with Gasteiger partial charge in [-0.05, 0) is 16.7 Å². The van der Waals surface area contributed by atoms with E-state index < -0.39 is 17.9 Å². The van der Waals surface area contributed by atoms with Gasteiger partial charge in [0.1, 0.15) is 6.04 Å². The van der Waals surface area contributed by atoms with E-state index in [1.807, 2.05) is 103 Å². The Kier molecular flexibility index (Phi) is 7.33. The zero-order valence-electron chi connectivity index (χ0n) is 18.3. The van der Waals surface area contributed by atoms with Gasteiger partial charge >= 0.3 is 5.97 Å². The highest BCUT2D eigenvalue weighted by Gasteiger charge is 2.42. The van der Waals surface area contributed by atoms with Crippen molar-refractivity contribution in [1.29, 1.82) is 0 Å². The van der Waals surface area contributed by atoms with E-state index in [2.05, 4.69) is 0 Å². The van der Waals surface area contributed by atoms with Crippen LogP contribution in [0, 0.1) is 0 Å². The highest BCUT2D eigenvalue weighted by molar-refractivity contribution is 5.91. The fraction of sp³-hybridized carbons (Fsp3) is 0.214. The van der Waals surface area contributed by atoms with Gasteiger partial charge in [0.2, 0.25) is 5.91 Å². The Hall–Kier alpha value is -3.70. The van der Waals surface area contributed by atoms with Gasteiger partial charge in [-0.1, -0.05) is 103 Å². The summed E-state index contributed by atoms with van der Waals surface area (Å²) in [5, 5.41) is 9.83. The van der Waals surface area contributed by atoms with Crippen LogP contribution in [-0.4, -0.2) is 47.2 Å². The zero-order valence-corrected chi connectivity index (χ0v) is 18.3. The molecular weight excluding hydrogens is 414 g/mol.